The van der Waals surface area contributed by atoms with E-state index in [1.165, 1.54) is 24.2 Å². The molecule has 1 saturated carbocycles. The molecular formula is C14H24N4O2S. The maximum atomic E-state index is 11.8. The quantitative estimate of drug-likeness (QED) is 0.893. The third-order valence-electron chi connectivity index (χ3n) is 3.49. The molecule has 7 heteroatoms. The van der Waals surface area contributed by atoms with Crippen LogP contribution in [0.5, 0.6) is 0 Å². The molecule has 1 amide bonds. The van der Waals surface area contributed by atoms with Crippen LogP contribution in [0, 0.1) is 5.92 Å². The summed E-state index contributed by atoms with van der Waals surface area (Å²) in [4.78, 5) is 11.8. The van der Waals surface area contributed by atoms with Gasteiger partial charge in [-0.05, 0) is 39.5 Å². The number of ether oxygens (including phenoxy) is 1. The molecule has 2 N–H and O–H groups in total. The van der Waals surface area contributed by atoms with Crippen molar-refractivity contribution >= 4 is 22.6 Å². The van der Waals surface area contributed by atoms with Crippen LogP contribution in [0.1, 0.15) is 46.5 Å². The van der Waals surface area contributed by atoms with Crippen LogP contribution in [0.2, 0.25) is 0 Å². The summed E-state index contributed by atoms with van der Waals surface area (Å²) in [6.45, 7) is 6.23. The van der Waals surface area contributed by atoms with E-state index in [0.717, 1.165) is 18.0 Å². The molecule has 1 aliphatic rings. The van der Waals surface area contributed by atoms with Gasteiger partial charge >= 0.3 is 6.09 Å². The highest BCUT2D eigenvalue weighted by atomic mass is 32.1. The molecule has 2 unspecified atom stereocenters. The van der Waals surface area contributed by atoms with Crippen molar-refractivity contribution in [3.63, 3.8) is 0 Å². The SMILES string of the molecule is CC(C)(C)OC(=O)NCC1CCCCC1Nc1nncs1. The summed E-state index contributed by atoms with van der Waals surface area (Å²) >= 11 is 1.51. The van der Waals surface area contributed by atoms with Gasteiger partial charge in [0.2, 0.25) is 5.13 Å². The average molecular weight is 312 g/mol. The zero-order valence-corrected chi connectivity index (χ0v) is 13.7. The molecule has 1 fully saturated rings. The van der Waals surface area contributed by atoms with Crippen LogP contribution < -0.4 is 10.6 Å². The van der Waals surface area contributed by atoms with E-state index in [2.05, 4.69) is 20.8 Å². The summed E-state index contributed by atoms with van der Waals surface area (Å²) in [5, 5.41) is 15.0. The normalized spacial score (nSPS) is 22.6. The van der Waals surface area contributed by atoms with E-state index in [1.807, 2.05) is 20.8 Å². The van der Waals surface area contributed by atoms with Crippen LogP contribution >= 0.6 is 11.3 Å². The van der Waals surface area contributed by atoms with Gasteiger partial charge in [-0.25, -0.2) is 4.79 Å². The standard InChI is InChI=1S/C14H24N4O2S/c1-14(2,3)20-13(19)15-8-10-6-4-5-7-11(10)17-12-18-16-9-21-12/h9-11H,4-8H2,1-3H3,(H,15,19)(H,17,18). The molecule has 0 bridgehead atoms. The average Bonchev–Trinajstić information content (AvgIpc) is 2.88. The Morgan fingerprint density at radius 2 is 2.19 bits per heavy atom. The summed E-state index contributed by atoms with van der Waals surface area (Å²) in [5.41, 5.74) is 1.26. The molecule has 2 atom stereocenters. The molecule has 118 valence electrons. The Labute approximate surface area is 129 Å². The fraction of sp³-hybridized carbons (Fsp3) is 0.786. The van der Waals surface area contributed by atoms with Crippen LogP contribution in [0.25, 0.3) is 0 Å². The van der Waals surface area contributed by atoms with Gasteiger partial charge in [-0.1, -0.05) is 24.2 Å². The van der Waals surface area contributed by atoms with Gasteiger partial charge in [0.05, 0.1) is 0 Å². The largest absolute Gasteiger partial charge is 0.444 e. The van der Waals surface area contributed by atoms with Crippen molar-refractivity contribution in [3.8, 4) is 0 Å². The molecule has 0 spiro atoms. The van der Waals surface area contributed by atoms with Crippen molar-refractivity contribution in [1.29, 1.82) is 0 Å². The van der Waals surface area contributed by atoms with Gasteiger partial charge in [-0.15, -0.1) is 10.2 Å². The second-order valence-electron chi connectivity index (χ2n) is 6.42. The molecule has 1 aromatic heterocycles. The number of amides is 1. The van der Waals surface area contributed by atoms with Crippen LogP contribution in [0.15, 0.2) is 5.51 Å². The first-order chi connectivity index (χ1) is 9.94. The fourth-order valence-corrected chi connectivity index (χ4v) is 3.07. The smallest absolute Gasteiger partial charge is 0.407 e. The molecule has 0 saturated heterocycles. The molecule has 1 aliphatic carbocycles. The van der Waals surface area contributed by atoms with Gasteiger partial charge in [-0.2, -0.15) is 0 Å². The van der Waals surface area contributed by atoms with E-state index in [4.69, 9.17) is 4.74 Å². The van der Waals surface area contributed by atoms with E-state index in [9.17, 15) is 4.79 Å². The van der Waals surface area contributed by atoms with Crippen molar-refractivity contribution < 1.29 is 9.53 Å². The second-order valence-corrected chi connectivity index (χ2v) is 7.26. The molecule has 6 nitrogen and oxygen atoms in total. The van der Waals surface area contributed by atoms with Gasteiger partial charge in [0.1, 0.15) is 11.1 Å². The van der Waals surface area contributed by atoms with Crippen LogP contribution in [-0.2, 0) is 4.74 Å². The van der Waals surface area contributed by atoms with Crippen molar-refractivity contribution in [3.05, 3.63) is 5.51 Å². The topological polar surface area (TPSA) is 76.1 Å². The Kier molecular flexibility index (Phi) is 5.39. The highest BCUT2D eigenvalue weighted by Crippen LogP contribution is 2.27. The lowest BCUT2D eigenvalue weighted by Crippen LogP contribution is -2.42. The number of hydrogen-bond donors (Lipinski definition) is 2. The number of nitrogens with one attached hydrogen (secondary N) is 2. The number of aromatic nitrogens is 2. The summed E-state index contributed by atoms with van der Waals surface area (Å²) in [5.74, 6) is 0.398. The number of nitrogens with zero attached hydrogens (tertiary/aromatic N) is 2. The van der Waals surface area contributed by atoms with Gasteiger partial charge in [0.15, 0.2) is 0 Å². The van der Waals surface area contributed by atoms with Crippen LogP contribution in [0.3, 0.4) is 0 Å². The van der Waals surface area contributed by atoms with E-state index in [0.29, 0.717) is 18.5 Å². The third kappa shape index (κ3) is 5.49. The van der Waals surface area contributed by atoms with Crippen LogP contribution in [-0.4, -0.2) is 34.5 Å². The fourth-order valence-electron chi connectivity index (χ4n) is 2.57. The zero-order chi connectivity index (χ0) is 15.3. The second kappa shape index (κ2) is 7.06. The lowest BCUT2D eigenvalue weighted by molar-refractivity contribution is 0.0514. The van der Waals surface area contributed by atoms with Crippen LogP contribution in [0.4, 0.5) is 9.93 Å². The predicted octanol–water partition coefficient (Wildman–Crippen LogP) is 3.03. The van der Waals surface area contributed by atoms with Crippen molar-refractivity contribution in [2.24, 2.45) is 5.92 Å². The lowest BCUT2D eigenvalue weighted by atomic mass is 9.84. The molecule has 1 heterocycles. The Hall–Kier alpha value is -1.37. The molecule has 21 heavy (non-hydrogen) atoms. The molecule has 0 aliphatic heterocycles. The Balaban J connectivity index is 1.83. The van der Waals surface area contributed by atoms with Crippen molar-refractivity contribution in [1.82, 2.24) is 15.5 Å². The predicted molar refractivity (Wildman–Crippen MR) is 83.5 cm³/mol. The number of anilines is 1. The van der Waals surface area contributed by atoms with E-state index >= 15 is 0 Å². The monoisotopic (exact) mass is 312 g/mol. The third-order valence-corrected chi connectivity index (χ3v) is 4.11. The lowest BCUT2D eigenvalue weighted by Gasteiger charge is -2.32. The van der Waals surface area contributed by atoms with Gasteiger partial charge in [0.25, 0.3) is 0 Å². The number of carbonyl (C=O) groups is 1. The van der Waals surface area contributed by atoms with Gasteiger partial charge in [-0.3, -0.25) is 0 Å². The zero-order valence-electron chi connectivity index (χ0n) is 12.9. The van der Waals surface area contributed by atoms with Gasteiger partial charge in [0, 0.05) is 12.6 Å². The summed E-state index contributed by atoms with van der Waals surface area (Å²) < 4.78 is 5.28. The number of hydrogen-bond acceptors (Lipinski definition) is 6. The first-order valence-corrected chi connectivity index (χ1v) is 8.31. The number of rotatable bonds is 4. The summed E-state index contributed by atoms with van der Waals surface area (Å²) in [6.07, 6.45) is 4.27. The molecule has 0 radical (unpaired) electrons. The van der Waals surface area contributed by atoms with E-state index in [1.54, 1.807) is 5.51 Å². The molecular weight excluding hydrogens is 288 g/mol. The van der Waals surface area contributed by atoms with E-state index < -0.39 is 5.60 Å². The first kappa shape index (κ1) is 16.0. The van der Waals surface area contributed by atoms with E-state index in [-0.39, 0.29) is 6.09 Å². The Morgan fingerprint density at radius 1 is 1.43 bits per heavy atom. The maximum absolute atomic E-state index is 11.8. The molecule has 2 rings (SSSR count). The maximum Gasteiger partial charge on any atom is 0.407 e. The number of alkyl carbamates (subject to hydrolysis) is 1. The highest BCUT2D eigenvalue weighted by Gasteiger charge is 2.27. The minimum Gasteiger partial charge on any atom is -0.444 e. The summed E-state index contributed by atoms with van der Waals surface area (Å²) in [6, 6.07) is 0.335. The minimum atomic E-state index is -0.457. The summed E-state index contributed by atoms with van der Waals surface area (Å²) in [7, 11) is 0. The minimum absolute atomic E-state index is 0.335. The highest BCUT2D eigenvalue weighted by molar-refractivity contribution is 7.13. The molecule has 1 aromatic rings. The Morgan fingerprint density at radius 3 is 2.86 bits per heavy atom. The van der Waals surface area contributed by atoms with Crippen molar-refractivity contribution in [2.75, 3.05) is 11.9 Å². The Bertz CT molecular complexity index is 444. The first-order valence-electron chi connectivity index (χ1n) is 7.43. The van der Waals surface area contributed by atoms with Crippen molar-refractivity contribution in [2.45, 2.75) is 58.1 Å². The number of carbonyl (C=O) groups excluding carboxylic acids is 1. The molecule has 0 aromatic carbocycles. The van der Waals surface area contributed by atoms with Gasteiger partial charge < -0.3 is 15.4 Å².